The third-order valence-corrected chi connectivity index (χ3v) is 1.97. The number of aldehydes is 1. The Kier molecular flexibility index (Phi) is 4.37. The first-order valence-electron chi connectivity index (χ1n) is 4.69. The zero-order chi connectivity index (χ0) is 12.0. The molecule has 0 radical (unpaired) electrons. The van der Waals surface area contributed by atoms with E-state index in [0.29, 0.717) is 11.8 Å². The van der Waals surface area contributed by atoms with Crippen LogP contribution in [0.5, 0.6) is 11.5 Å². The van der Waals surface area contributed by atoms with Crippen molar-refractivity contribution in [2.24, 2.45) is 0 Å². The number of aromatic hydroxyl groups is 1. The molecule has 4 nitrogen and oxygen atoms in total. The van der Waals surface area contributed by atoms with Crippen molar-refractivity contribution in [3.63, 3.8) is 0 Å². The summed E-state index contributed by atoms with van der Waals surface area (Å²) in [5, 5.41) is 18.3. The van der Waals surface area contributed by atoms with Crippen LogP contribution in [-0.2, 0) is 0 Å². The van der Waals surface area contributed by atoms with Gasteiger partial charge in [0.25, 0.3) is 0 Å². The molecule has 0 spiro atoms. The fourth-order valence-electron chi connectivity index (χ4n) is 1.19. The number of hydrogen-bond acceptors (Lipinski definition) is 4. The number of hydrogen-bond donors (Lipinski definition) is 2. The monoisotopic (exact) mass is 220 g/mol. The number of rotatable bonds is 3. The Balaban J connectivity index is 3.22. The number of carbonyl (C=O) groups is 1. The van der Waals surface area contributed by atoms with E-state index in [0.717, 1.165) is 0 Å². The van der Waals surface area contributed by atoms with Gasteiger partial charge in [-0.1, -0.05) is 11.8 Å². The third-order valence-electron chi connectivity index (χ3n) is 1.97. The van der Waals surface area contributed by atoms with Crippen LogP contribution < -0.4 is 4.74 Å². The number of ether oxygens (including phenoxy) is 1. The van der Waals surface area contributed by atoms with E-state index in [1.165, 1.54) is 19.2 Å². The van der Waals surface area contributed by atoms with E-state index in [1.807, 2.05) is 0 Å². The average molecular weight is 220 g/mol. The Labute approximate surface area is 93.5 Å². The highest BCUT2D eigenvalue weighted by Crippen LogP contribution is 2.30. The molecule has 0 saturated heterocycles. The van der Waals surface area contributed by atoms with Gasteiger partial charge in [-0.25, -0.2) is 0 Å². The lowest BCUT2D eigenvalue weighted by atomic mass is 10.1. The SMILES string of the molecule is COc1ccc(C=O)c(C#CCCO)c1O. The predicted octanol–water partition coefficient (Wildman–Crippen LogP) is 0.947. The van der Waals surface area contributed by atoms with Crippen LogP contribution >= 0.6 is 0 Å². The molecule has 1 aromatic carbocycles. The van der Waals surface area contributed by atoms with Gasteiger partial charge in [0.1, 0.15) is 0 Å². The molecule has 84 valence electrons. The molecule has 1 rings (SSSR count). The number of aliphatic hydroxyl groups is 1. The molecule has 0 aromatic heterocycles. The van der Waals surface area contributed by atoms with Gasteiger partial charge in [0.15, 0.2) is 17.8 Å². The van der Waals surface area contributed by atoms with Gasteiger partial charge in [0, 0.05) is 12.0 Å². The lowest BCUT2D eigenvalue weighted by Gasteiger charge is -2.06. The van der Waals surface area contributed by atoms with Crippen molar-refractivity contribution in [2.75, 3.05) is 13.7 Å². The summed E-state index contributed by atoms with van der Waals surface area (Å²) < 4.78 is 4.91. The molecule has 0 aliphatic carbocycles. The minimum absolute atomic E-state index is 0.0614. The quantitative estimate of drug-likeness (QED) is 0.588. The number of aliphatic hydroxyl groups excluding tert-OH is 1. The molecule has 0 fully saturated rings. The fraction of sp³-hybridized carbons (Fsp3) is 0.250. The van der Waals surface area contributed by atoms with Gasteiger partial charge < -0.3 is 14.9 Å². The second-order valence-electron chi connectivity index (χ2n) is 2.97. The smallest absolute Gasteiger partial charge is 0.174 e. The van der Waals surface area contributed by atoms with Gasteiger partial charge >= 0.3 is 0 Å². The van der Waals surface area contributed by atoms with E-state index in [-0.39, 0.29) is 30.1 Å². The highest BCUT2D eigenvalue weighted by molar-refractivity contribution is 5.82. The van der Waals surface area contributed by atoms with Crippen molar-refractivity contribution in [1.29, 1.82) is 0 Å². The standard InChI is InChI=1S/C12H12O4/c1-16-11-6-5-9(8-14)10(12(11)15)4-2-3-7-13/h5-6,8,13,15H,3,7H2,1H3. The molecular weight excluding hydrogens is 208 g/mol. The van der Waals surface area contributed by atoms with Crippen molar-refractivity contribution >= 4 is 6.29 Å². The maximum absolute atomic E-state index is 10.7. The van der Waals surface area contributed by atoms with Crippen LogP contribution in [0, 0.1) is 11.8 Å². The van der Waals surface area contributed by atoms with Crippen LogP contribution in [0.3, 0.4) is 0 Å². The third kappa shape index (κ3) is 2.53. The summed E-state index contributed by atoms with van der Waals surface area (Å²) in [6.07, 6.45) is 0.900. The summed E-state index contributed by atoms with van der Waals surface area (Å²) in [6.45, 7) is -0.0614. The van der Waals surface area contributed by atoms with Crippen molar-refractivity contribution in [3.8, 4) is 23.3 Å². The van der Waals surface area contributed by atoms with Gasteiger partial charge in [-0.05, 0) is 12.1 Å². The van der Waals surface area contributed by atoms with Gasteiger partial charge in [0.2, 0.25) is 0 Å². The highest BCUT2D eigenvalue weighted by Gasteiger charge is 2.10. The summed E-state index contributed by atoms with van der Waals surface area (Å²) in [5.41, 5.74) is 0.520. The van der Waals surface area contributed by atoms with Crippen LogP contribution in [0.1, 0.15) is 22.3 Å². The van der Waals surface area contributed by atoms with Crippen molar-refractivity contribution in [3.05, 3.63) is 23.3 Å². The summed E-state index contributed by atoms with van der Waals surface area (Å²) in [4.78, 5) is 10.7. The number of methoxy groups -OCH3 is 1. The lowest BCUT2D eigenvalue weighted by Crippen LogP contribution is -1.92. The van der Waals surface area contributed by atoms with E-state index in [4.69, 9.17) is 9.84 Å². The zero-order valence-corrected chi connectivity index (χ0v) is 8.86. The Bertz CT molecular complexity index is 440. The number of phenolic OH excluding ortho intramolecular Hbond substituents is 1. The number of phenols is 1. The van der Waals surface area contributed by atoms with Gasteiger partial charge in [-0.2, -0.15) is 0 Å². The molecule has 0 saturated carbocycles. The fourth-order valence-corrected chi connectivity index (χ4v) is 1.19. The van der Waals surface area contributed by atoms with Crippen LogP contribution in [0.4, 0.5) is 0 Å². The minimum Gasteiger partial charge on any atom is -0.503 e. The number of carbonyl (C=O) groups excluding carboxylic acids is 1. The molecular formula is C12H12O4. The van der Waals surface area contributed by atoms with Crippen LogP contribution in [0.2, 0.25) is 0 Å². The summed E-state index contributed by atoms with van der Waals surface area (Å²) >= 11 is 0. The maximum atomic E-state index is 10.7. The Morgan fingerprint density at radius 2 is 2.25 bits per heavy atom. The van der Waals surface area contributed by atoms with E-state index in [9.17, 15) is 9.90 Å². The van der Waals surface area contributed by atoms with Crippen LogP contribution in [0.15, 0.2) is 12.1 Å². The molecule has 0 heterocycles. The first-order valence-corrected chi connectivity index (χ1v) is 4.69. The highest BCUT2D eigenvalue weighted by atomic mass is 16.5. The Hall–Kier alpha value is -1.99. The Morgan fingerprint density at radius 1 is 1.50 bits per heavy atom. The summed E-state index contributed by atoms with van der Waals surface area (Å²) in [7, 11) is 1.42. The minimum atomic E-state index is -0.155. The van der Waals surface area contributed by atoms with Gasteiger partial charge in [-0.15, -0.1) is 0 Å². The van der Waals surface area contributed by atoms with E-state index < -0.39 is 0 Å². The van der Waals surface area contributed by atoms with E-state index in [1.54, 1.807) is 0 Å². The van der Waals surface area contributed by atoms with Gasteiger partial charge in [0.05, 0.1) is 19.3 Å². The molecule has 0 aliphatic rings. The molecule has 4 heteroatoms. The summed E-state index contributed by atoms with van der Waals surface area (Å²) in [6, 6.07) is 3.02. The molecule has 0 aliphatic heterocycles. The van der Waals surface area contributed by atoms with Crippen LogP contribution in [-0.4, -0.2) is 30.2 Å². The van der Waals surface area contributed by atoms with Gasteiger partial charge in [-0.3, -0.25) is 4.79 Å². The molecule has 0 bridgehead atoms. The second-order valence-corrected chi connectivity index (χ2v) is 2.97. The van der Waals surface area contributed by atoms with Crippen molar-refractivity contribution in [2.45, 2.75) is 6.42 Å². The van der Waals surface area contributed by atoms with E-state index >= 15 is 0 Å². The first kappa shape index (κ1) is 12.1. The maximum Gasteiger partial charge on any atom is 0.174 e. The predicted molar refractivity (Wildman–Crippen MR) is 58.6 cm³/mol. The summed E-state index contributed by atoms with van der Waals surface area (Å²) in [5.74, 6) is 5.39. The van der Waals surface area contributed by atoms with Crippen molar-refractivity contribution in [1.82, 2.24) is 0 Å². The second kappa shape index (κ2) is 5.79. The normalized spacial score (nSPS) is 9.12. The van der Waals surface area contributed by atoms with Crippen LogP contribution in [0.25, 0.3) is 0 Å². The molecule has 1 aromatic rings. The molecule has 16 heavy (non-hydrogen) atoms. The molecule has 0 atom stereocenters. The average Bonchev–Trinajstić information content (AvgIpc) is 2.31. The largest absolute Gasteiger partial charge is 0.503 e. The van der Waals surface area contributed by atoms with Crippen molar-refractivity contribution < 1.29 is 19.7 Å². The van der Waals surface area contributed by atoms with E-state index in [2.05, 4.69) is 11.8 Å². The lowest BCUT2D eigenvalue weighted by molar-refractivity contribution is 0.112. The zero-order valence-electron chi connectivity index (χ0n) is 8.86. The number of benzene rings is 1. The molecule has 0 amide bonds. The molecule has 2 N–H and O–H groups in total. The topological polar surface area (TPSA) is 66.8 Å². The molecule has 0 unspecified atom stereocenters. The Morgan fingerprint density at radius 3 is 2.81 bits per heavy atom. The first-order chi connectivity index (χ1) is 7.74.